The van der Waals surface area contributed by atoms with E-state index in [4.69, 9.17) is 9.47 Å². The van der Waals surface area contributed by atoms with Crippen molar-refractivity contribution in [1.82, 2.24) is 0 Å². The van der Waals surface area contributed by atoms with E-state index in [1.807, 2.05) is 0 Å². The molecule has 1 N–H and O–H groups in total. The molecule has 0 aliphatic rings. The molecule has 0 aromatic carbocycles. The smallest absolute Gasteiger partial charge is 0.306 e. The minimum atomic E-state index is -0.749. The van der Waals surface area contributed by atoms with Gasteiger partial charge in [-0.25, -0.2) is 0 Å². The normalized spacial score (nSPS) is 13.0. The Morgan fingerprint density at radius 2 is 1.43 bits per heavy atom. The zero-order valence-electron chi connectivity index (χ0n) is 18.0. The zero-order valence-corrected chi connectivity index (χ0v) is 18.0. The molecular formula is C22H40O6. The molecule has 0 rings (SSSR count). The molecule has 0 fully saturated rings. The van der Waals surface area contributed by atoms with Crippen molar-refractivity contribution in [2.75, 3.05) is 6.61 Å². The van der Waals surface area contributed by atoms with E-state index in [0.717, 1.165) is 64.2 Å². The highest BCUT2D eigenvalue weighted by molar-refractivity contribution is 5.70. The standard InChI is InChI=1S/C22H40O6/c1-4-6-9-15-20(28-18(3)23)16-12-14-19(22(25)26)13-10-7-8-11-17-21(24)27-5-2/h19-20H,4-17H2,1-3H3,(H,25,26)/t19?,20-/m0/s1. The van der Waals surface area contributed by atoms with Crippen LogP contribution in [0.4, 0.5) is 0 Å². The van der Waals surface area contributed by atoms with Crippen molar-refractivity contribution in [2.45, 2.75) is 110 Å². The molecule has 6 nitrogen and oxygen atoms in total. The fourth-order valence-electron chi connectivity index (χ4n) is 3.35. The Morgan fingerprint density at radius 1 is 0.821 bits per heavy atom. The number of carbonyl (C=O) groups is 3. The first-order valence-corrected chi connectivity index (χ1v) is 11.0. The highest BCUT2D eigenvalue weighted by Gasteiger charge is 2.19. The number of esters is 2. The van der Waals surface area contributed by atoms with Gasteiger partial charge >= 0.3 is 17.9 Å². The van der Waals surface area contributed by atoms with Crippen LogP contribution in [-0.2, 0) is 23.9 Å². The molecule has 0 aliphatic carbocycles. The Labute approximate surface area is 170 Å². The maximum Gasteiger partial charge on any atom is 0.306 e. The summed E-state index contributed by atoms with van der Waals surface area (Å²) in [5.41, 5.74) is 0. The van der Waals surface area contributed by atoms with Crippen LogP contribution >= 0.6 is 0 Å². The highest BCUT2D eigenvalue weighted by atomic mass is 16.5. The first kappa shape index (κ1) is 26.4. The Morgan fingerprint density at radius 3 is 2.04 bits per heavy atom. The maximum absolute atomic E-state index is 11.5. The third-order valence-corrected chi connectivity index (χ3v) is 4.88. The number of unbranched alkanes of at least 4 members (excludes halogenated alkanes) is 5. The van der Waals surface area contributed by atoms with Crippen molar-refractivity contribution in [3.63, 3.8) is 0 Å². The van der Waals surface area contributed by atoms with Crippen molar-refractivity contribution in [3.8, 4) is 0 Å². The lowest BCUT2D eigenvalue weighted by Crippen LogP contribution is -2.18. The van der Waals surface area contributed by atoms with Gasteiger partial charge in [-0.2, -0.15) is 0 Å². The van der Waals surface area contributed by atoms with E-state index in [2.05, 4.69) is 6.92 Å². The second-order valence-electron chi connectivity index (χ2n) is 7.45. The number of ether oxygens (including phenoxy) is 2. The van der Waals surface area contributed by atoms with Crippen molar-refractivity contribution < 1.29 is 29.0 Å². The number of hydrogen-bond acceptors (Lipinski definition) is 5. The third kappa shape index (κ3) is 15.5. The lowest BCUT2D eigenvalue weighted by atomic mass is 9.93. The summed E-state index contributed by atoms with van der Waals surface area (Å²) in [5.74, 6) is -1.52. The summed E-state index contributed by atoms with van der Waals surface area (Å²) in [6.45, 7) is 5.77. The van der Waals surface area contributed by atoms with E-state index in [9.17, 15) is 19.5 Å². The van der Waals surface area contributed by atoms with Crippen molar-refractivity contribution in [1.29, 1.82) is 0 Å². The topological polar surface area (TPSA) is 89.9 Å². The van der Waals surface area contributed by atoms with Gasteiger partial charge in [-0.15, -0.1) is 0 Å². The van der Waals surface area contributed by atoms with E-state index >= 15 is 0 Å². The number of carboxylic acid groups (broad SMARTS) is 1. The lowest BCUT2D eigenvalue weighted by Gasteiger charge is -2.18. The van der Waals surface area contributed by atoms with Crippen LogP contribution < -0.4 is 0 Å². The number of hydrogen-bond donors (Lipinski definition) is 1. The number of rotatable bonds is 18. The van der Waals surface area contributed by atoms with Crippen LogP contribution in [0.25, 0.3) is 0 Å². The molecule has 1 unspecified atom stereocenters. The predicted octanol–water partition coefficient (Wildman–Crippen LogP) is 5.27. The molecule has 0 saturated carbocycles. The second kappa shape index (κ2) is 17.5. The average molecular weight is 401 g/mol. The largest absolute Gasteiger partial charge is 0.481 e. The van der Waals surface area contributed by atoms with Gasteiger partial charge in [-0.1, -0.05) is 39.0 Å². The Kier molecular flexibility index (Phi) is 16.5. The SMILES string of the molecule is CCCCC[C@@H](CCCC(CCCCCCC(=O)OCC)C(=O)O)OC(C)=O. The van der Waals surface area contributed by atoms with Crippen LogP contribution in [0.2, 0.25) is 0 Å². The fraction of sp³-hybridized carbons (Fsp3) is 0.864. The van der Waals surface area contributed by atoms with Gasteiger partial charge in [0.15, 0.2) is 0 Å². The molecular weight excluding hydrogens is 360 g/mol. The monoisotopic (exact) mass is 400 g/mol. The highest BCUT2D eigenvalue weighted by Crippen LogP contribution is 2.21. The first-order chi connectivity index (χ1) is 13.4. The van der Waals surface area contributed by atoms with Crippen LogP contribution in [0.5, 0.6) is 0 Å². The molecule has 164 valence electrons. The van der Waals surface area contributed by atoms with E-state index in [1.54, 1.807) is 6.92 Å². The van der Waals surface area contributed by atoms with Crippen LogP contribution in [0, 0.1) is 5.92 Å². The summed E-state index contributed by atoms with van der Waals surface area (Å²) in [4.78, 5) is 34.0. The van der Waals surface area contributed by atoms with Gasteiger partial charge in [0.25, 0.3) is 0 Å². The van der Waals surface area contributed by atoms with Crippen LogP contribution in [0.1, 0.15) is 104 Å². The molecule has 28 heavy (non-hydrogen) atoms. The quantitative estimate of drug-likeness (QED) is 0.249. The summed E-state index contributed by atoms with van der Waals surface area (Å²) < 4.78 is 10.3. The third-order valence-electron chi connectivity index (χ3n) is 4.88. The number of aliphatic carboxylic acids is 1. The lowest BCUT2D eigenvalue weighted by molar-refractivity contribution is -0.148. The Hall–Kier alpha value is -1.59. The van der Waals surface area contributed by atoms with Crippen LogP contribution in [0.15, 0.2) is 0 Å². The summed E-state index contributed by atoms with van der Waals surface area (Å²) in [5, 5.41) is 9.45. The zero-order chi connectivity index (χ0) is 21.2. The Balaban J connectivity index is 4.06. The minimum Gasteiger partial charge on any atom is -0.481 e. The molecule has 0 spiro atoms. The van der Waals surface area contributed by atoms with E-state index in [1.165, 1.54) is 6.92 Å². The van der Waals surface area contributed by atoms with Crippen LogP contribution in [-0.4, -0.2) is 35.7 Å². The molecule has 0 aliphatic heterocycles. The van der Waals surface area contributed by atoms with E-state index in [0.29, 0.717) is 25.9 Å². The van der Waals surface area contributed by atoms with Crippen LogP contribution in [0.3, 0.4) is 0 Å². The van der Waals surface area contributed by atoms with Gasteiger partial charge in [0.2, 0.25) is 0 Å². The molecule has 0 radical (unpaired) electrons. The fourth-order valence-corrected chi connectivity index (χ4v) is 3.35. The predicted molar refractivity (Wildman–Crippen MR) is 109 cm³/mol. The van der Waals surface area contributed by atoms with Gasteiger partial charge in [0.05, 0.1) is 12.5 Å². The second-order valence-corrected chi connectivity index (χ2v) is 7.45. The summed E-state index contributed by atoms with van der Waals surface area (Å²) in [6.07, 6.45) is 10.7. The molecule has 6 heteroatoms. The molecule has 0 bridgehead atoms. The molecule has 0 aromatic heterocycles. The van der Waals surface area contributed by atoms with Gasteiger partial charge in [0, 0.05) is 13.3 Å². The minimum absolute atomic E-state index is 0.0960. The van der Waals surface area contributed by atoms with Gasteiger partial charge in [-0.3, -0.25) is 14.4 Å². The molecule has 0 saturated heterocycles. The molecule has 0 aromatic rings. The molecule has 2 atom stereocenters. The van der Waals surface area contributed by atoms with Gasteiger partial charge < -0.3 is 14.6 Å². The molecule has 0 amide bonds. The van der Waals surface area contributed by atoms with Crippen molar-refractivity contribution in [2.24, 2.45) is 5.92 Å². The summed E-state index contributed by atoms with van der Waals surface area (Å²) >= 11 is 0. The van der Waals surface area contributed by atoms with Gasteiger partial charge in [0.1, 0.15) is 6.10 Å². The summed E-state index contributed by atoms with van der Waals surface area (Å²) in [7, 11) is 0. The number of carboxylic acids is 1. The van der Waals surface area contributed by atoms with E-state index < -0.39 is 5.97 Å². The molecule has 0 heterocycles. The van der Waals surface area contributed by atoms with E-state index in [-0.39, 0.29) is 24.0 Å². The maximum atomic E-state index is 11.5. The average Bonchev–Trinajstić information content (AvgIpc) is 2.62. The Bertz CT molecular complexity index is 435. The van der Waals surface area contributed by atoms with Crippen molar-refractivity contribution in [3.05, 3.63) is 0 Å². The first-order valence-electron chi connectivity index (χ1n) is 11.0. The summed E-state index contributed by atoms with van der Waals surface area (Å²) in [6, 6.07) is 0. The number of carbonyl (C=O) groups excluding carboxylic acids is 2. The van der Waals surface area contributed by atoms with Crippen molar-refractivity contribution >= 4 is 17.9 Å². The van der Waals surface area contributed by atoms with Gasteiger partial charge in [-0.05, 0) is 51.9 Å².